The highest BCUT2D eigenvalue weighted by Gasteiger charge is 2.29. The zero-order valence-electron chi connectivity index (χ0n) is 17.0. The highest BCUT2D eigenvalue weighted by atomic mass is 16.6. The second-order valence-electron chi connectivity index (χ2n) is 8.48. The number of ether oxygens (including phenoxy) is 1. The topological polar surface area (TPSA) is 79.7 Å². The number of amides is 1. The summed E-state index contributed by atoms with van der Waals surface area (Å²) in [6.07, 6.45) is 3.04. The fourth-order valence-corrected chi connectivity index (χ4v) is 3.82. The molecule has 3 aromatic rings. The molecule has 0 radical (unpaired) electrons. The summed E-state index contributed by atoms with van der Waals surface area (Å²) in [7, 11) is 0. The smallest absolute Gasteiger partial charge is 0.410 e. The Morgan fingerprint density at radius 3 is 2.52 bits per heavy atom. The van der Waals surface area contributed by atoms with Gasteiger partial charge in [-0.2, -0.15) is 5.10 Å². The number of rotatable bonds is 2. The Hall–Kier alpha value is -3.09. The monoisotopic (exact) mass is 394 g/mol. The Bertz CT molecular complexity index is 1070. The minimum absolute atomic E-state index is 0.139. The number of hydrogen-bond acceptors (Lipinski definition) is 4. The Labute approximate surface area is 169 Å². The van der Waals surface area contributed by atoms with E-state index in [4.69, 9.17) is 4.74 Å². The lowest BCUT2D eigenvalue weighted by Gasteiger charge is -2.33. The van der Waals surface area contributed by atoms with Crippen LogP contribution in [-0.2, 0) is 4.74 Å². The zero-order valence-corrected chi connectivity index (χ0v) is 17.0. The van der Waals surface area contributed by atoms with E-state index in [-0.39, 0.29) is 17.6 Å². The van der Waals surface area contributed by atoms with Crippen LogP contribution in [0.15, 0.2) is 47.4 Å². The number of aromatic nitrogens is 3. The van der Waals surface area contributed by atoms with Gasteiger partial charge in [0.05, 0.1) is 11.9 Å². The molecule has 1 amide bonds. The number of nitrogens with one attached hydrogen (secondary N) is 1. The number of benzene rings is 1. The number of piperidine rings is 1. The van der Waals surface area contributed by atoms with Gasteiger partial charge in [-0.25, -0.2) is 9.31 Å². The average molecular weight is 394 g/mol. The predicted molar refractivity (Wildman–Crippen MR) is 111 cm³/mol. The van der Waals surface area contributed by atoms with Crippen molar-refractivity contribution >= 4 is 11.7 Å². The van der Waals surface area contributed by atoms with E-state index >= 15 is 0 Å². The van der Waals surface area contributed by atoms with Gasteiger partial charge in [0.15, 0.2) is 0 Å². The standard InChI is InChI=1S/C22H26N4O3/c1-22(2,3)29-21(28)25-11-9-16(10-12-25)18-13-19(27)24-20-17(14-23-26(18)20)15-7-5-4-6-8-15/h4-8,13-14,16H,9-12H2,1-3H3,(H,24,27). The van der Waals surface area contributed by atoms with Crippen molar-refractivity contribution in [3.05, 3.63) is 58.6 Å². The molecule has 1 saturated heterocycles. The molecule has 1 fully saturated rings. The van der Waals surface area contributed by atoms with Crippen molar-refractivity contribution in [2.75, 3.05) is 13.1 Å². The number of carbonyl (C=O) groups is 1. The molecule has 0 unspecified atom stereocenters. The molecular formula is C22H26N4O3. The maximum Gasteiger partial charge on any atom is 0.410 e. The van der Waals surface area contributed by atoms with Crippen LogP contribution < -0.4 is 5.56 Å². The van der Waals surface area contributed by atoms with Gasteiger partial charge in [-0.1, -0.05) is 30.3 Å². The predicted octanol–water partition coefficient (Wildman–Crippen LogP) is 3.80. The number of fused-ring (bicyclic) bond motifs is 1. The van der Waals surface area contributed by atoms with Gasteiger partial charge in [0.1, 0.15) is 11.2 Å². The lowest BCUT2D eigenvalue weighted by Crippen LogP contribution is -2.41. The molecule has 1 N–H and O–H groups in total. The number of likely N-dealkylation sites (tertiary alicyclic amines) is 1. The van der Waals surface area contributed by atoms with Crippen LogP contribution in [0, 0.1) is 0 Å². The summed E-state index contributed by atoms with van der Waals surface area (Å²) in [5, 5.41) is 4.56. The first-order valence-electron chi connectivity index (χ1n) is 9.96. The molecular weight excluding hydrogens is 368 g/mol. The highest BCUT2D eigenvalue weighted by Crippen LogP contribution is 2.30. The van der Waals surface area contributed by atoms with E-state index in [1.165, 1.54) is 0 Å². The van der Waals surface area contributed by atoms with Crippen LogP contribution >= 0.6 is 0 Å². The largest absolute Gasteiger partial charge is 0.444 e. The SMILES string of the molecule is CC(C)(C)OC(=O)N1CCC(c2cc(=O)[nH]c3c(-c4ccccc4)cnn23)CC1. The van der Waals surface area contributed by atoms with Crippen LogP contribution in [0.3, 0.4) is 0 Å². The van der Waals surface area contributed by atoms with Crippen molar-refractivity contribution < 1.29 is 9.53 Å². The third-order valence-electron chi connectivity index (χ3n) is 5.18. The van der Waals surface area contributed by atoms with Crippen LogP contribution in [-0.4, -0.2) is 44.3 Å². The van der Waals surface area contributed by atoms with Crippen LogP contribution in [0.1, 0.15) is 45.2 Å². The molecule has 7 heteroatoms. The minimum Gasteiger partial charge on any atom is -0.444 e. The van der Waals surface area contributed by atoms with Crippen molar-refractivity contribution in [2.24, 2.45) is 0 Å². The highest BCUT2D eigenvalue weighted by molar-refractivity contribution is 5.76. The van der Waals surface area contributed by atoms with E-state index in [9.17, 15) is 9.59 Å². The van der Waals surface area contributed by atoms with Gasteiger partial charge >= 0.3 is 6.09 Å². The zero-order chi connectivity index (χ0) is 20.6. The van der Waals surface area contributed by atoms with E-state index in [1.54, 1.807) is 17.2 Å². The van der Waals surface area contributed by atoms with E-state index in [2.05, 4.69) is 10.1 Å². The van der Waals surface area contributed by atoms with Crippen molar-refractivity contribution in [1.82, 2.24) is 19.5 Å². The van der Waals surface area contributed by atoms with E-state index in [0.717, 1.165) is 29.7 Å². The van der Waals surface area contributed by atoms with Gasteiger partial charge in [-0.15, -0.1) is 0 Å². The molecule has 1 aliphatic heterocycles. The molecule has 7 nitrogen and oxygen atoms in total. The molecule has 4 rings (SSSR count). The quantitative estimate of drug-likeness (QED) is 0.717. The number of carbonyl (C=O) groups excluding carboxylic acids is 1. The third kappa shape index (κ3) is 4.04. The molecule has 29 heavy (non-hydrogen) atoms. The molecule has 0 atom stereocenters. The summed E-state index contributed by atoms with van der Waals surface area (Å²) in [5.74, 6) is 0.155. The second-order valence-corrected chi connectivity index (χ2v) is 8.48. The molecule has 1 aliphatic rings. The molecule has 0 spiro atoms. The van der Waals surface area contributed by atoms with Gasteiger partial charge in [0.25, 0.3) is 5.56 Å². The maximum atomic E-state index is 12.4. The number of aromatic amines is 1. The van der Waals surface area contributed by atoms with Crippen molar-refractivity contribution in [3.8, 4) is 11.1 Å². The van der Waals surface area contributed by atoms with Crippen molar-refractivity contribution in [1.29, 1.82) is 0 Å². The van der Waals surface area contributed by atoms with Crippen LogP contribution in [0.5, 0.6) is 0 Å². The Morgan fingerprint density at radius 2 is 1.86 bits per heavy atom. The van der Waals surface area contributed by atoms with Gasteiger partial charge in [0, 0.05) is 30.6 Å². The van der Waals surface area contributed by atoms with Gasteiger partial charge in [-0.05, 0) is 39.2 Å². The van der Waals surface area contributed by atoms with E-state index in [1.807, 2.05) is 55.6 Å². The Kier molecular flexibility index (Phi) is 4.90. The van der Waals surface area contributed by atoms with Crippen LogP contribution in [0.25, 0.3) is 16.8 Å². The van der Waals surface area contributed by atoms with Gasteiger partial charge in [-0.3, -0.25) is 4.79 Å². The first-order valence-corrected chi connectivity index (χ1v) is 9.96. The minimum atomic E-state index is -0.504. The maximum absolute atomic E-state index is 12.4. The molecule has 152 valence electrons. The summed E-state index contributed by atoms with van der Waals surface area (Å²) in [6.45, 7) is 6.80. The van der Waals surface area contributed by atoms with E-state index < -0.39 is 5.60 Å². The summed E-state index contributed by atoms with van der Waals surface area (Å²) in [4.78, 5) is 29.4. The molecule has 0 aliphatic carbocycles. The van der Waals surface area contributed by atoms with E-state index in [0.29, 0.717) is 18.7 Å². The normalized spacial score (nSPS) is 15.6. The Morgan fingerprint density at radius 1 is 1.17 bits per heavy atom. The Balaban J connectivity index is 1.59. The average Bonchev–Trinajstić information content (AvgIpc) is 3.10. The molecule has 2 aromatic heterocycles. The first-order chi connectivity index (χ1) is 13.8. The lowest BCUT2D eigenvalue weighted by atomic mass is 9.93. The van der Waals surface area contributed by atoms with Crippen molar-refractivity contribution in [2.45, 2.75) is 45.1 Å². The van der Waals surface area contributed by atoms with Gasteiger partial charge in [0.2, 0.25) is 0 Å². The number of nitrogens with zero attached hydrogens (tertiary/aromatic N) is 3. The van der Waals surface area contributed by atoms with Crippen LogP contribution in [0.4, 0.5) is 4.79 Å². The molecule has 0 saturated carbocycles. The first kappa shape index (κ1) is 19.2. The van der Waals surface area contributed by atoms with Crippen LogP contribution in [0.2, 0.25) is 0 Å². The van der Waals surface area contributed by atoms with Crippen molar-refractivity contribution in [3.63, 3.8) is 0 Å². The third-order valence-corrected chi connectivity index (χ3v) is 5.18. The number of hydrogen-bond donors (Lipinski definition) is 1. The fourth-order valence-electron chi connectivity index (χ4n) is 3.82. The van der Waals surface area contributed by atoms with Gasteiger partial charge < -0.3 is 14.6 Å². The summed E-state index contributed by atoms with van der Waals surface area (Å²) < 4.78 is 7.31. The fraction of sp³-hybridized carbons (Fsp3) is 0.409. The molecule has 1 aromatic carbocycles. The summed E-state index contributed by atoms with van der Waals surface area (Å²) in [5.41, 5.74) is 2.85. The summed E-state index contributed by atoms with van der Waals surface area (Å²) in [6, 6.07) is 11.5. The lowest BCUT2D eigenvalue weighted by molar-refractivity contribution is 0.0203. The second kappa shape index (κ2) is 7.39. The molecule has 0 bridgehead atoms. The number of H-pyrrole nitrogens is 1. The summed E-state index contributed by atoms with van der Waals surface area (Å²) >= 11 is 0. The molecule has 3 heterocycles.